The van der Waals surface area contributed by atoms with Gasteiger partial charge in [-0.05, 0) is 53.8 Å². The molecule has 1 atom stereocenters. The number of benzene rings is 2. The molecule has 1 unspecified atom stereocenters. The predicted molar refractivity (Wildman–Crippen MR) is 115 cm³/mol. The standard InChI is InChI=1S/C24H24N4O3/c25-14-19-15-26-21-6-5-18(13-20(19)21)16-1-3-17(4-2-16)22(29)27-9-11-28(12-10-27)23(30)24(31)7-8-24/h1-6,13,19,26,31H,7-12,15H2. The average Bonchev–Trinajstić information content (AvgIpc) is 3.44. The second-order valence-electron chi connectivity index (χ2n) is 8.56. The lowest BCUT2D eigenvalue weighted by Crippen LogP contribution is -2.53. The van der Waals surface area contributed by atoms with Crippen LogP contribution in [0.1, 0.15) is 34.7 Å². The molecule has 3 aliphatic rings. The zero-order valence-corrected chi connectivity index (χ0v) is 17.2. The Morgan fingerprint density at radius 3 is 2.29 bits per heavy atom. The van der Waals surface area contributed by atoms with Gasteiger partial charge in [-0.15, -0.1) is 0 Å². The number of carbonyl (C=O) groups is 2. The highest BCUT2D eigenvalue weighted by atomic mass is 16.3. The summed E-state index contributed by atoms with van der Waals surface area (Å²) in [6.07, 6.45) is 1.07. The Morgan fingerprint density at radius 2 is 1.65 bits per heavy atom. The van der Waals surface area contributed by atoms with E-state index in [1.807, 2.05) is 42.5 Å². The molecular weight excluding hydrogens is 392 g/mol. The minimum absolute atomic E-state index is 0.0496. The summed E-state index contributed by atoms with van der Waals surface area (Å²) in [5, 5.41) is 22.6. The normalized spacial score (nSPS) is 21.1. The van der Waals surface area contributed by atoms with E-state index in [2.05, 4.69) is 11.4 Å². The molecule has 1 aliphatic carbocycles. The predicted octanol–water partition coefficient (Wildman–Crippen LogP) is 2.20. The van der Waals surface area contributed by atoms with E-state index >= 15 is 0 Å². The Hall–Kier alpha value is -3.37. The quantitative estimate of drug-likeness (QED) is 0.800. The van der Waals surface area contributed by atoms with Gasteiger partial charge >= 0.3 is 0 Å². The number of amides is 2. The van der Waals surface area contributed by atoms with Crippen LogP contribution in [0.4, 0.5) is 5.69 Å². The number of nitrogens with zero attached hydrogens (tertiary/aromatic N) is 3. The number of carbonyl (C=O) groups excluding carboxylic acids is 2. The van der Waals surface area contributed by atoms with Crippen LogP contribution >= 0.6 is 0 Å². The number of rotatable bonds is 3. The molecule has 0 bridgehead atoms. The summed E-state index contributed by atoms with van der Waals surface area (Å²) >= 11 is 0. The summed E-state index contributed by atoms with van der Waals surface area (Å²) in [7, 11) is 0. The van der Waals surface area contributed by atoms with Crippen LogP contribution < -0.4 is 5.32 Å². The van der Waals surface area contributed by atoms with Gasteiger partial charge < -0.3 is 20.2 Å². The zero-order valence-electron chi connectivity index (χ0n) is 17.2. The molecule has 2 amide bonds. The molecule has 2 N–H and O–H groups in total. The van der Waals surface area contributed by atoms with E-state index in [0.29, 0.717) is 51.1 Å². The number of piperazine rings is 1. The van der Waals surface area contributed by atoms with E-state index in [1.54, 1.807) is 9.80 Å². The van der Waals surface area contributed by atoms with Crippen molar-refractivity contribution in [1.82, 2.24) is 9.80 Å². The van der Waals surface area contributed by atoms with Crippen LogP contribution in [0.5, 0.6) is 0 Å². The number of fused-ring (bicyclic) bond motifs is 1. The van der Waals surface area contributed by atoms with Crippen molar-refractivity contribution in [2.24, 2.45) is 0 Å². The zero-order chi connectivity index (χ0) is 21.6. The number of hydrogen-bond acceptors (Lipinski definition) is 5. The number of anilines is 1. The van der Waals surface area contributed by atoms with Crippen molar-refractivity contribution in [3.8, 4) is 17.2 Å². The van der Waals surface area contributed by atoms with Gasteiger partial charge in [0.25, 0.3) is 11.8 Å². The van der Waals surface area contributed by atoms with Gasteiger partial charge in [-0.3, -0.25) is 9.59 Å². The molecule has 2 aromatic rings. The smallest absolute Gasteiger partial charge is 0.254 e. The summed E-state index contributed by atoms with van der Waals surface area (Å²) in [5.41, 5.74) is 3.50. The third-order valence-electron chi connectivity index (χ3n) is 6.52. The van der Waals surface area contributed by atoms with E-state index in [-0.39, 0.29) is 17.7 Å². The maximum Gasteiger partial charge on any atom is 0.254 e. The van der Waals surface area contributed by atoms with Crippen molar-refractivity contribution < 1.29 is 14.7 Å². The molecule has 158 valence electrons. The highest BCUT2D eigenvalue weighted by Gasteiger charge is 2.50. The molecule has 2 aliphatic heterocycles. The Balaban J connectivity index is 1.25. The number of aliphatic hydroxyl groups is 1. The number of nitrogens with one attached hydrogen (secondary N) is 1. The molecule has 7 nitrogen and oxygen atoms in total. The lowest BCUT2D eigenvalue weighted by molar-refractivity contribution is -0.143. The van der Waals surface area contributed by atoms with E-state index in [0.717, 1.165) is 22.4 Å². The fraction of sp³-hybridized carbons (Fsp3) is 0.375. The first-order valence-electron chi connectivity index (χ1n) is 10.7. The van der Waals surface area contributed by atoms with E-state index in [4.69, 9.17) is 0 Å². The molecule has 7 heteroatoms. The maximum absolute atomic E-state index is 12.9. The highest BCUT2D eigenvalue weighted by molar-refractivity contribution is 5.95. The topological polar surface area (TPSA) is 96.7 Å². The lowest BCUT2D eigenvalue weighted by atomic mass is 9.96. The fourth-order valence-electron chi connectivity index (χ4n) is 4.36. The molecule has 2 fully saturated rings. The molecule has 0 aromatic heterocycles. The van der Waals surface area contributed by atoms with Crippen molar-refractivity contribution in [3.05, 3.63) is 53.6 Å². The largest absolute Gasteiger partial charge is 0.383 e. The van der Waals surface area contributed by atoms with Gasteiger partial charge in [0.05, 0.1) is 12.0 Å². The minimum atomic E-state index is -1.15. The van der Waals surface area contributed by atoms with Crippen molar-refractivity contribution in [1.29, 1.82) is 5.26 Å². The molecule has 1 saturated carbocycles. The third-order valence-corrected chi connectivity index (χ3v) is 6.52. The van der Waals surface area contributed by atoms with Gasteiger partial charge in [0.2, 0.25) is 0 Å². The molecule has 2 aromatic carbocycles. The second kappa shape index (κ2) is 7.40. The molecule has 0 spiro atoms. The summed E-state index contributed by atoms with van der Waals surface area (Å²) in [6, 6.07) is 15.9. The SMILES string of the molecule is N#CC1CNc2ccc(-c3ccc(C(=O)N4CCN(C(=O)C5(O)CC5)CC4)cc3)cc21. The Bertz CT molecular complexity index is 1080. The Morgan fingerprint density at radius 1 is 1.00 bits per heavy atom. The number of nitriles is 1. The Kier molecular flexibility index (Phi) is 4.67. The van der Waals surface area contributed by atoms with Crippen LogP contribution in [0, 0.1) is 11.3 Å². The Labute approximate surface area is 180 Å². The first kappa shape index (κ1) is 19.6. The average molecular weight is 416 g/mol. The third kappa shape index (κ3) is 3.53. The van der Waals surface area contributed by atoms with Crippen LogP contribution in [-0.2, 0) is 4.79 Å². The van der Waals surface area contributed by atoms with E-state index < -0.39 is 5.60 Å². The molecule has 1 saturated heterocycles. The summed E-state index contributed by atoms with van der Waals surface area (Å²) in [5.74, 6) is -0.388. The first-order chi connectivity index (χ1) is 15.0. The van der Waals surface area contributed by atoms with E-state index in [9.17, 15) is 20.0 Å². The maximum atomic E-state index is 12.9. The van der Waals surface area contributed by atoms with Crippen LogP contribution in [0.15, 0.2) is 42.5 Å². The molecule has 5 rings (SSSR count). The van der Waals surface area contributed by atoms with Crippen molar-refractivity contribution in [2.45, 2.75) is 24.4 Å². The lowest BCUT2D eigenvalue weighted by Gasteiger charge is -2.35. The molecule has 0 radical (unpaired) electrons. The van der Waals surface area contributed by atoms with Crippen molar-refractivity contribution in [3.63, 3.8) is 0 Å². The highest BCUT2D eigenvalue weighted by Crippen LogP contribution is 2.37. The van der Waals surface area contributed by atoms with Gasteiger partial charge in [0.15, 0.2) is 0 Å². The first-order valence-corrected chi connectivity index (χ1v) is 10.7. The molecule has 2 heterocycles. The van der Waals surface area contributed by atoms with Crippen molar-refractivity contribution >= 4 is 17.5 Å². The van der Waals surface area contributed by atoms with Crippen molar-refractivity contribution in [2.75, 3.05) is 38.0 Å². The summed E-state index contributed by atoms with van der Waals surface area (Å²) < 4.78 is 0. The van der Waals surface area contributed by atoms with Gasteiger partial charge in [-0.1, -0.05) is 18.2 Å². The summed E-state index contributed by atoms with van der Waals surface area (Å²) in [4.78, 5) is 28.6. The molecule has 31 heavy (non-hydrogen) atoms. The number of hydrogen-bond donors (Lipinski definition) is 2. The van der Waals surface area contributed by atoms with Gasteiger partial charge in [-0.25, -0.2) is 0 Å². The van der Waals surface area contributed by atoms with Crippen LogP contribution in [-0.4, -0.2) is 65.0 Å². The molecular formula is C24H24N4O3. The van der Waals surface area contributed by atoms with E-state index in [1.165, 1.54) is 0 Å². The minimum Gasteiger partial charge on any atom is -0.383 e. The van der Waals surface area contributed by atoms with Gasteiger partial charge in [0.1, 0.15) is 5.60 Å². The van der Waals surface area contributed by atoms with Crippen LogP contribution in [0.2, 0.25) is 0 Å². The fourth-order valence-corrected chi connectivity index (χ4v) is 4.36. The summed E-state index contributed by atoms with van der Waals surface area (Å²) in [6.45, 7) is 2.48. The monoisotopic (exact) mass is 416 g/mol. The van der Waals surface area contributed by atoms with Crippen LogP contribution in [0.25, 0.3) is 11.1 Å². The second-order valence-corrected chi connectivity index (χ2v) is 8.56. The van der Waals surface area contributed by atoms with Gasteiger partial charge in [0, 0.05) is 44.0 Å². The van der Waals surface area contributed by atoms with Gasteiger partial charge in [-0.2, -0.15) is 5.26 Å². The van der Waals surface area contributed by atoms with Crippen LogP contribution in [0.3, 0.4) is 0 Å².